The Bertz CT molecular complexity index is 1030. The van der Waals surface area contributed by atoms with Gasteiger partial charge in [-0.1, -0.05) is 25.5 Å². The number of morpholine rings is 1. The molecule has 0 saturated carbocycles. The van der Waals surface area contributed by atoms with E-state index >= 15 is 0 Å². The summed E-state index contributed by atoms with van der Waals surface area (Å²) in [6, 6.07) is 10.7. The number of ether oxygens (including phenoxy) is 1. The van der Waals surface area contributed by atoms with E-state index in [9.17, 15) is 5.26 Å². The minimum absolute atomic E-state index is 0.740. The topological polar surface area (TPSA) is 69.4 Å². The molecule has 0 aliphatic carbocycles. The fraction of sp³-hybridized carbons (Fsp3) is 0.455. The van der Waals surface area contributed by atoms with Crippen LogP contribution in [-0.4, -0.2) is 44.4 Å². The molecule has 0 bridgehead atoms. The summed E-state index contributed by atoms with van der Waals surface area (Å²) in [4.78, 5) is 5.05. The smallest absolute Gasteiger partial charge is 0.250 e. The molecule has 0 radical (unpaired) electrons. The molecule has 0 unspecified atom stereocenters. The van der Waals surface area contributed by atoms with E-state index in [1.54, 1.807) is 4.90 Å². The van der Waals surface area contributed by atoms with Gasteiger partial charge in [0.2, 0.25) is 11.5 Å². The van der Waals surface area contributed by atoms with Crippen LogP contribution in [0, 0.1) is 18.3 Å². The molecule has 1 aromatic carbocycles. The van der Waals surface area contributed by atoms with Crippen LogP contribution in [0.5, 0.6) is 0 Å². The molecule has 1 aliphatic rings. The number of rotatable bonds is 6. The van der Waals surface area contributed by atoms with Crippen molar-refractivity contribution >= 4 is 22.5 Å². The van der Waals surface area contributed by atoms with E-state index in [1.165, 1.54) is 5.56 Å². The van der Waals surface area contributed by atoms with Crippen molar-refractivity contribution in [2.75, 3.05) is 44.7 Å². The summed E-state index contributed by atoms with van der Waals surface area (Å²) < 4.78 is 7.68. The van der Waals surface area contributed by atoms with Crippen molar-refractivity contribution in [3.8, 4) is 6.07 Å². The molecule has 3 N–H and O–H groups in total. The molecular weight excluding hydrogens is 350 g/mol. The Labute approximate surface area is 165 Å². The maximum absolute atomic E-state index is 9.85. The van der Waals surface area contributed by atoms with Crippen molar-refractivity contribution in [1.29, 1.82) is 5.26 Å². The molecule has 6 nitrogen and oxygen atoms in total. The summed E-state index contributed by atoms with van der Waals surface area (Å²) in [5, 5.41) is 13.6. The number of nitrogens with zero attached hydrogens (tertiary/aromatic N) is 2. The highest BCUT2D eigenvalue weighted by Crippen LogP contribution is 2.26. The fourth-order valence-corrected chi connectivity index (χ4v) is 4.27. The van der Waals surface area contributed by atoms with Gasteiger partial charge in [0.1, 0.15) is 48.8 Å². The van der Waals surface area contributed by atoms with Gasteiger partial charge in [0.05, 0.1) is 13.2 Å². The van der Waals surface area contributed by atoms with Gasteiger partial charge in [-0.15, -0.1) is 0 Å². The van der Waals surface area contributed by atoms with Crippen LogP contribution in [0.4, 0.5) is 5.82 Å². The van der Waals surface area contributed by atoms with E-state index in [-0.39, 0.29) is 0 Å². The van der Waals surface area contributed by atoms with Crippen LogP contribution in [0.15, 0.2) is 24.3 Å². The van der Waals surface area contributed by atoms with Gasteiger partial charge in [0.15, 0.2) is 0 Å². The van der Waals surface area contributed by atoms with E-state index in [1.807, 2.05) is 6.07 Å². The van der Waals surface area contributed by atoms with Crippen LogP contribution in [0.2, 0.25) is 0 Å². The highest BCUT2D eigenvalue weighted by molar-refractivity contribution is 5.78. The Kier molecular flexibility index (Phi) is 5.47. The monoisotopic (exact) mass is 379 g/mol. The molecule has 1 aliphatic heterocycles. The summed E-state index contributed by atoms with van der Waals surface area (Å²) in [5.74, 6) is 1.12. The molecule has 2 aromatic heterocycles. The number of aromatic amines is 1. The first-order valence-electron chi connectivity index (χ1n) is 10.3. The van der Waals surface area contributed by atoms with E-state index in [0.29, 0.717) is 0 Å². The third-order valence-corrected chi connectivity index (χ3v) is 5.78. The Balaban J connectivity index is 1.79. The maximum atomic E-state index is 9.85. The molecule has 6 heteroatoms. The summed E-state index contributed by atoms with van der Waals surface area (Å²) in [5.41, 5.74) is 6.10. The van der Waals surface area contributed by atoms with Gasteiger partial charge >= 0.3 is 0 Å². The van der Waals surface area contributed by atoms with Crippen LogP contribution in [0.25, 0.3) is 16.7 Å². The van der Waals surface area contributed by atoms with E-state index in [2.05, 4.69) is 52.8 Å². The van der Waals surface area contributed by atoms with Crippen molar-refractivity contribution in [3.63, 3.8) is 0 Å². The second-order valence-corrected chi connectivity index (χ2v) is 7.55. The quantitative estimate of drug-likeness (QED) is 0.567. The number of benzene rings is 1. The predicted octanol–water partition coefficient (Wildman–Crippen LogP) is 1.37. The lowest BCUT2D eigenvalue weighted by Gasteiger charge is -2.23. The molecule has 146 valence electrons. The van der Waals surface area contributed by atoms with Crippen LogP contribution in [0.1, 0.15) is 30.0 Å². The first-order valence-corrected chi connectivity index (χ1v) is 10.3. The number of hydrogen-bond acceptors (Lipinski definition) is 3. The molecule has 3 aromatic rings. The normalized spacial score (nSPS) is 15.2. The van der Waals surface area contributed by atoms with Gasteiger partial charge in [0.25, 0.3) is 0 Å². The Morgan fingerprint density at radius 1 is 1.29 bits per heavy atom. The summed E-state index contributed by atoms with van der Waals surface area (Å²) in [7, 11) is 0. The Morgan fingerprint density at radius 3 is 2.82 bits per heavy atom. The number of quaternary nitrogens is 1. The van der Waals surface area contributed by atoms with Crippen LogP contribution in [-0.2, 0) is 11.2 Å². The lowest BCUT2D eigenvalue weighted by Crippen LogP contribution is -3.14. The summed E-state index contributed by atoms with van der Waals surface area (Å²) in [6.07, 6.45) is 2.00. The number of fused-ring (bicyclic) bond motifs is 3. The average Bonchev–Trinajstić information content (AvgIpc) is 3.10. The minimum atomic E-state index is 0.740. The zero-order valence-electron chi connectivity index (χ0n) is 16.8. The highest BCUT2D eigenvalue weighted by atomic mass is 16.5. The second kappa shape index (κ2) is 8.17. The minimum Gasteiger partial charge on any atom is -0.370 e. The number of imidazole rings is 1. The second-order valence-electron chi connectivity index (χ2n) is 7.55. The average molecular weight is 380 g/mol. The molecule has 1 saturated heterocycles. The molecular formula is C22H29N5O+2. The van der Waals surface area contributed by atoms with Gasteiger partial charge in [0, 0.05) is 5.56 Å². The molecule has 4 rings (SSSR count). The predicted molar refractivity (Wildman–Crippen MR) is 110 cm³/mol. The van der Waals surface area contributed by atoms with Crippen LogP contribution in [0.3, 0.4) is 0 Å². The third kappa shape index (κ3) is 3.32. The van der Waals surface area contributed by atoms with E-state index in [4.69, 9.17) is 4.74 Å². The number of pyridine rings is 1. The number of nitriles is 1. The van der Waals surface area contributed by atoms with Crippen molar-refractivity contribution < 1.29 is 14.0 Å². The summed E-state index contributed by atoms with van der Waals surface area (Å²) >= 11 is 0. The lowest BCUT2D eigenvalue weighted by molar-refractivity contribution is -0.906. The van der Waals surface area contributed by atoms with Gasteiger partial charge in [-0.25, -0.2) is 0 Å². The number of hydrogen-bond donors (Lipinski definition) is 3. The van der Waals surface area contributed by atoms with Crippen molar-refractivity contribution in [1.82, 2.24) is 4.98 Å². The standard InChI is InChI=1S/C22H27N5O/c1-3-6-17-16(2)18(15-23)22-25-19-7-4-5-8-20(19)27(22)21(17)24-9-10-26-11-13-28-14-12-26/h4-5,7-8H,3,6,9-14H2,1-2H3,(H,24,25)/p+2. The number of anilines is 1. The van der Waals surface area contributed by atoms with Crippen LogP contribution < -0.4 is 14.6 Å². The van der Waals surface area contributed by atoms with Gasteiger partial charge < -0.3 is 9.64 Å². The molecule has 0 amide bonds. The first-order chi connectivity index (χ1) is 13.7. The summed E-state index contributed by atoms with van der Waals surface area (Å²) in [6.45, 7) is 10.1. The fourth-order valence-electron chi connectivity index (χ4n) is 4.27. The largest absolute Gasteiger partial charge is 0.370 e. The molecule has 28 heavy (non-hydrogen) atoms. The van der Waals surface area contributed by atoms with Gasteiger partial charge in [-0.3, -0.25) is 10.3 Å². The number of H-pyrrole nitrogens is 1. The molecule has 3 heterocycles. The molecule has 0 spiro atoms. The molecule has 0 atom stereocenters. The highest BCUT2D eigenvalue weighted by Gasteiger charge is 2.25. The molecule has 1 fully saturated rings. The number of nitrogens with one attached hydrogen (secondary N) is 3. The van der Waals surface area contributed by atoms with Crippen molar-refractivity contribution in [2.24, 2.45) is 0 Å². The first kappa shape index (κ1) is 18.7. The SMILES string of the molecule is CCCc1c(C)c(C#N)c2[nH]c3ccccc3[n+]2c1NCC[NH+]1CCOCC1. The van der Waals surface area contributed by atoms with E-state index in [0.717, 1.165) is 85.9 Å². The zero-order chi connectivity index (χ0) is 19.5. The van der Waals surface area contributed by atoms with E-state index < -0.39 is 0 Å². The number of para-hydroxylation sites is 2. The van der Waals surface area contributed by atoms with Crippen molar-refractivity contribution in [2.45, 2.75) is 26.7 Å². The van der Waals surface area contributed by atoms with Crippen molar-refractivity contribution in [3.05, 3.63) is 41.0 Å². The van der Waals surface area contributed by atoms with Gasteiger partial charge in [-0.2, -0.15) is 9.66 Å². The van der Waals surface area contributed by atoms with Crippen LogP contribution >= 0.6 is 0 Å². The zero-order valence-corrected chi connectivity index (χ0v) is 16.8. The lowest BCUT2D eigenvalue weighted by atomic mass is 10.0. The Morgan fingerprint density at radius 2 is 2.07 bits per heavy atom. The van der Waals surface area contributed by atoms with Gasteiger partial charge in [-0.05, 0) is 31.0 Å². The Hall–Kier alpha value is -2.62. The maximum Gasteiger partial charge on any atom is 0.250 e. The third-order valence-electron chi connectivity index (χ3n) is 5.78. The number of aromatic nitrogens is 2.